The van der Waals surface area contributed by atoms with Crippen LogP contribution in [0.3, 0.4) is 0 Å². The van der Waals surface area contributed by atoms with E-state index in [0.29, 0.717) is 24.0 Å². The van der Waals surface area contributed by atoms with Gasteiger partial charge in [-0.3, -0.25) is 4.79 Å². The quantitative estimate of drug-likeness (QED) is 0.429. The highest BCUT2D eigenvalue weighted by Crippen LogP contribution is 2.35. The van der Waals surface area contributed by atoms with Crippen molar-refractivity contribution in [2.24, 2.45) is 21.5 Å². The lowest BCUT2D eigenvalue weighted by atomic mass is 9.81. The molecule has 1 heterocycles. The van der Waals surface area contributed by atoms with Gasteiger partial charge in [0.15, 0.2) is 5.84 Å². The molecular weight excluding hydrogens is 467 g/mol. The van der Waals surface area contributed by atoms with E-state index < -0.39 is 6.04 Å². The maximum absolute atomic E-state index is 13.5. The summed E-state index contributed by atoms with van der Waals surface area (Å²) in [5.74, 6) is 0.235. The summed E-state index contributed by atoms with van der Waals surface area (Å²) in [4.78, 5) is 19.4. The van der Waals surface area contributed by atoms with Crippen LogP contribution < -0.4 is 11.5 Å². The molecule has 0 radical (unpaired) electrons. The second kappa shape index (κ2) is 13.3. The van der Waals surface area contributed by atoms with Gasteiger partial charge in [-0.05, 0) is 56.2 Å². The molecule has 4 N–H and O–H groups in total. The summed E-state index contributed by atoms with van der Waals surface area (Å²) in [6.45, 7) is 6.28. The van der Waals surface area contributed by atoms with Crippen molar-refractivity contribution in [3.63, 3.8) is 0 Å². The molecule has 37 heavy (non-hydrogen) atoms. The topological polar surface area (TPSA) is 103 Å². The van der Waals surface area contributed by atoms with E-state index in [1.807, 2.05) is 62.4 Å². The zero-order chi connectivity index (χ0) is 26.8. The molecule has 1 aliphatic rings. The molecule has 3 aromatic rings. The molecule has 0 saturated heterocycles. The highest BCUT2D eigenvalue weighted by Gasteiger charge is 2.37. The molecule has 0 fully saturated rings. The zero-order valence-corrected chi connectivity index (χ0v) is 21.4. The molecule has 0 bridgehead atoms. The number of allylic oxidation sites excluding steroid dienone is 1. The molecule has 6 nitrogen and oxygen atoms in total. The number of nitrogens with zero attached hydrogens (tertiary/aromatic N) is 2. The van der Waals surface area contributed by atoms with Gasteiger partial charge in [-0.2, -0.15) is 4.99 Å². The standard InChI is InChI=1S/C22H25FN4O.C8H8O/c1-3-13-28-22-20(25)19(15-9-11-16(23)12-10-15)18(14(2)24)21(27-22)26-17-7-5-4-6-8-17;1-7-3-2-4-8(5-7)6-9/h4-12,19-20H,3,13,24-25H2,1-2H3;2-6H,1H3/b18-14-,26-21?;/t19-,20-;/m0./s1. The third-order valence-electron chi connectivity index (χ3n) is 5.69. The van der Waals surface area contributed by atoms with Crippen LogP contribution in [0.5, 0.6) is 0 Å². The molecule has 0 unspecified atom stereocenters. The molecule has 1 aliphatic heterocycles. The number of amidine groups is 1. The highest BCUT2D eigenvalue weighted by atomic mass is 19.1. The summed E-state index contributed by atoms with van der Waals surface area (Å²) < 4.78 is 19.3. The summed E-state index contributed by atoms with van der Waals surface area (Å²) in [7, 11) is 0. The summed E-state index contributed by atoms with van der Waals surface area (Å²) >= 11 is 0. The van der Waals surface area contributed by atoms with Crippen molar-refractivity contribution in [2.45, 2.75) is 39.2 Å². The van der Waals surface area contributed by atoms with Crippen LogP contribution in [-0.4, -0.2) is 30.7 Å². The van der Waals surface area contributed by atoms with E-state index in [1.165, 1.54) is 12.1 Å². The fraction of sp³-hybridized carbons (Fsp3) is 0.233. The van der Waals surface area contributed by atoms with E-state index >= 15 is 0 Å². The number of hydrogen-bond donors (Lipinski definition) is 2. The van der Waals surface area contributed by atoms with Gasteiger partial charge >= 0.3 is 0 Å². The third-order valence-corrected chi connectivity index (χ3v) is 5.69. The van der Waals surface area contributed by atoms with Crippen molar-refractivity contribution in [3.05, 3.63) is 113 Å². The molecule has 4 rings (SSSR count). The van der Waals surface area contributed by atoms with Gasteiger partial charge in [-0.1, -0.05) is 61.0 Å². The summed E-state index contributed by atoms with van der Waals surface area (Å²) in [6.07, 6.45) is 1.68. The Balaban J connectivity index is 0.000000356. The number of para-hydroxylation sites is 1. The molecule has 2 atom stereocenters. The Labute approximate surface area is 217 Å². The number of carbonyl (C=O) groups is 1. The largest absolute Gasteiger partial charge is 0.480 e. The molecule has 0 aromatic heterocycles. The van der Waals surface area contributed by atoms with Crippen molar-refractivity contribution in [1.82, 2.24) is 0 Å². The first-order valence-electron chi connectivity index (χ1n) is 12.2. The molecule has 0 spiro atoms. The van der Waals surface area contributed by atoms with Crippen LogP contribution >= 0.6 is 0 Å². The van der Waals surface area contributed by atoms with Crippen LogP contribution in [0.2, 0.25) is 0 Å². The van der Waals surface area contributed by atoms with Gasteiger partial charge in [-0.25, -0.2) is 9.38 Å². The van der Waals surface area contributed by atoms with E-state index in [1.54, 1.807) is 25.1 Å². The van der Waals surface area contributed by atoms with E-state index in [4.69, 9.17) is 16.2 Å². The number of carbonyl (C=O) groups excluding carboxylic acids is 1. The molecular formula is C30H33FN4O2. The van der Waals surface area contributed by atoms with Crippen molar-refractivity contribution in [3.8, 4) is 0 Å². The lowest BCUT2D eigenvalue weighted by molar-refractivity contribution is 0.112. The minimum atomic E-state index is -0.541. The summed E-state index contributed by atoms with van der Waals surface area (Å²) in [5.41, 5.74) is 17.5. The van der Waals surface area contributed by atoms with Crippen LogP contribution in [0.25, 0.3) is 0 Å². The molecule has 0 aliphatic carbocycles. The minimum Gasteiger partial charge on any atom is -0.480 e. The van der Waals surface area contributed by atoms with Crippen molar-refractivity contribution < 1.29 is 13.9 Å². The van der Waals surface area contributed by atoms with Crippen LogP contribution in [0.15, 0.2) is 100 Å². The Hall–Kier alpha value is -4.10. The maximum Gasteiger partial charge on any atom is 0.208 e. The van der Waals surface area contributed by atoms with Crippen LogP contribution in [0.1, 0.15) is 47.7 Å². The number of ether oxygens (including phenoxy) is 1. The number of aldehydes is 1. The van der Waals surface area contributed by atoms with E-state index in [0.717, 1.165) is 40.7 Å². The summed E-state index contributed by atoms with van der Waals surface area (Å²) in [5, 5.41) is 0. The van der Waals surface area contributed by atoms with Crippen molar-refractivity contribution >= 4 is 23.7 Å². The van der Waals surface area contributed by atoms with Gasteiger partial charge in [-0.15, -0.1) is 0 Å². The van der Waals surface area contributed by atoms with Crippen LogP contribution in [-0.2, 0) is 4.74 Å². The predicted octanol–water partition coefficient (Wildman–Crippen LogP) is 5.85. The highest BCUT2D eigenvalue weighted by molar-refractivity contribution is 6.12. The number of benzene rings is 3. The first kappa shape index (κ1) is 27.5. The zero-order valence-electron chi connectivity index (χ0n) is 21.4. The van der Waals surface area contributed by atoms with Crippen molar-refractivity contribution in [2.75, 3.05) is 6.61 Å². The molecule has 0 saturated carbocycles. The Morgan fingerprint density at radius 3 is 2.35 bits per heavy atom. The summed E-state index contributed by atoms with van der Waals surface area (Å²) in [6, 6.07) is 22.7. The first-order valence-corrected chi connectivity index (χ1v) is 12.2. The van der Waals surface area contributed by atoms with Gasteiger partial charge in [0, 0.05) is 22.8 Å². The van der Waals surface area contributed by atoms with Gasteiger partial charge in [0.25, 0.3) is 0 Å². The Morgan fingerprint density at radius 1 is 1.08 bits per heavy atom. The number of hydrogen-bond acceptors (Lipinski definition) is 5. The number of aryl methyl sites for hydroxylation is 1. The minimum absolute atomic E-state index is 0.308. The number of rotatable bonds is 5. The molecule has 7 heteroatoms. The Bertz CT molecular complexity index is 1280. The van der Waals surface area contributed by atoms with Crippen LogP contribution in [0, 0.1) is 12.7 Å². The molecule has 3 aromatic carbocycles. The number of aliphatic imine (C=N–C) groups is 2. The van der Waals surface area contributed by atoms with Gasteiger partial charge in [0.2, 0.25) is 5.90 Å². The molecule has 192 valence electrons. The number of halogens is 1. The van der Waals surface area contributed by atoms with E-state index in [2.05, 4.69) is 9.98 Å². The lowest BCUT2D eigenvalue weighted by Crippen LogP contribution is -2.44. The SMILES string of the molecule is CCCOC1=NC(=Nc2ccccc2)/C(=C(/C)N)[C@H](c2ccc(F)cc2)[C@@H]1N.Cc1cccc(C=O)c1. The van der Waals surface area contributed by atoms with Gasteiger partial charge in [0.05, 0.1) is 18.3 Å². The normalized spacial score (nSPS) is 19.4. The lowest BCUT2D eigenvalue weighted by Gasteiger charge is -2.32. The maximum atomic E-state index is 13.5. The van der Waals surface area contributed by atoms with E-state index in [-0.39, 0.29) is 11.7 Å². The van der Waals surface area contributed by atoms with E-state index in [9.17, 15) is 9.18 Å². The first-order chi connectivity index (χ1) is 17.8. The fourth-order valence-corrected chi connectivity index (χ4v) is 3.95. The monoisotopic (exact) mass is 500 g/mol. The Morgan fingerprint density at radius 2 is 1.78 bits per heavy atom. The predicted molar refractivity (Wildman–Crippen MR) is 148 cm³/mol. The average Bonchev–Trinajstić information content (AvgIpc) is 2.90. The van der Waals surface area contributed by atoms with Crippen LogP contribution in [0.4, 0.5) is 10.1 Å². The smallest absolute Gasteiger partial charge is 0.208 e. The average molecular weight is 501 g/mol. The Kier molecular flexibility index (Phi) is 9.86. The second-order valence-corrected chi connectivity index (χ2v) is 8.75. The molecule has 0 amide bonds. The van der Waals surface area contributed by atoms with Gasteiger partial charge in [0.1, 0.15) is 12.1 Å². The fourth-order valence-electron chi connectivity index (χ4n) is 3.95. The second-order valence-electron chi connectivity index (χ2n) is 8.75. The van der Waals surface area contributed by atoms with Gasteiger partial charge < -0.3 is 16.2 Å². The number of nitrogens with two attached hydrogens (primary N) is 2. The third kappa shape index (κ3) is 7.44. The van der Waals surface area contributed by atoms with Crippen molar-refractivity contribution in [1.29, 1.82) is 0 Å².